The fourth-order valence-corrected chi connectivity index (χ4v) is 3.00. The van der Waals surface area contributed by atoms with Crippen molar-refractivity contribution in [2.75, 3.05) is 26.8 Å². The van der Waals surface area contributed by atoms with Crippen molar-refractivity contribution in [3.8, 4) is 11.5 Å². The Morgan fingerprint density at radius 3 is 2.81 bits per heavy atom. The number of hydrogen-bond acceptors (Lipinski definition) is 6. The van der Waals surface area contributed by atoms with Crippen LogP contribution in [0.25, 0.3) is 0 Å². The van der Waals surface area contributed by atoms with Gasteiger partial charge in [0.25, 0.3) is 5.91 Å². The molecule has 1 aromatic heterocycles. The maximum absolute atomic E-state index is 12.3. The molecular formula is C18H26ClN5O3. The highest BCUT2D eigenvalue weighted by atomic mass is 35.5. The lowest BCUT2D eigenvalue weighted by Gasteiger charge is -2.22. The second kappa shape index (κ2) is 10.1. The van der Waals surface area contributed by atoms with Crippen molar-refractivity contribution in [1.82, 2.24) is 25.6 Å². The molecule has 2 N–H and O–H groups in total. The van der Waals surface area contributed by atoms with Crippen LogP contribution in [-0.4, -0.2) is 47.7 Å². The summed E-state index contributed by atoms with van der Waals surface area (Å²) < 4.78 is 12.6. The van der Waals surface area contributed by atoms with Crippen LogP contribution in [0.15, 0.2) is 24.4 Å². The minimum Gasteiger partial charge on any atom is -0.493 e. The quantitative estimate of drug-likeness (QED) is 0.744. The third-order valence-electron chi connectivity index (χ3n) is 4.41. The van der Waals surface area contributed by atoms with E-state index < -0.39 is 0 Å². The van der Waals surface area contributed by atoms with Crippen LogP contribution >= 0.6 is 12.4 Å². The van der Waals surface area contributed by atoms with Gasteiger partial charge in [-0.2, -0.15) is 0 Å². The molecule has 9 heteroatoms. The summed E-state index contributed by atoms with van der Waals surface area (Å²) >= 11 is 0. The largest absolute Gasteiger partial charge is 0.493 e. The fourth-order valence-electron chi connectivity index (χ4n) is 3.00. The minimum absolute atomic E-state index is 0. The van der Waals surface area contributed by atoms with Crippen LogP contribution in [0, 0.1) is 0 Å². The fraction of sp³-hybridized carbons (Fsp3) is 0.500. The Hall–Kier alpha value is -2.32. The van der Waals surface area contributed by atoms with Gasteiger partial charge in [-0.15, -0.1) is 17.5 Å². The zero-order valence-electron chi connectivity index (χ0n) is 15.6. The van der Waals surface area contributed by atoms with Crippen molar-refractivity contribution in [1.29, 1.82) is 0 Å². The topological polar surface area (TPSA) is 90.3 Å². The lowest BCUT2D eigenvalue weighted by Crippen LogP contribution is -2.29. The molecule has 1 aliphatic rings. The first-order chi connectivity index (χ1) is 12.7. The zero-order chi connectivity index (χ0) is 18.4. The number of rotatable bonds is 7. The van der Waals surface area contributed by atoms with Crippen LogP contribution in [0.5, 0.6) is 11.5 Å². The number of methoxy groups -OCH3 is 1. The average Bonchev–Trinajstić information content (AvgIpc) is 3.18. The van der Waals surface area contributed by atoms with Gasteiger partial charge in [-0.05, 0) is 50.6 Å². The van der Waals surface area contributed by atoms with Crippen molar-refractivity contribution in [3.05, 3.63) is 35.7 Å². The van der Waals surface area contributed by atoms with E-state index >= 15 is 0 Å². The van der Waals surface area contributed by atoms with Crippen molar-refractivity contribution in [2.45, 2.75) is 32.4 Å². The first kappa shape index (κ1) is 21.0. The zero-order valence-corrected chi connectivity index (χ0v) is 16.4. The summed E-state index contributed by atoms with van der Waals surface area (Å²) in [6.45, 7) is 4.79. The van der Waals surface area contributed by atoms with Crippen LogP contribution in [0.3, 0.4) is 0 Å². The first-order valence-electron chi connectivity index (χ1n) is 8.91. The Kier molecular flexibility index (Phi) is 7.87. The molecule has 2 heterocycles. The number of benzene rings is 1. The number of nitrogens with one attached hydrogen (secondary N) is 2. The number of carbonyl (C=O) groups excluding carboxylic acids is 1. The van der Waals surface area contributed by atoms with Crippen LogP contribution in [-0.2, 0) is 6.54 Å². The molecule has 8 nitrogen and oxygen atoms in total. The van der Waals surface area contributed by atoms with E-state index in [1.807, 2.05) is 25.1 Å². The molecule has 148 valence electrons. The third-order valence-corrected chi connectivity index (χ3v) is 4.41. The van der Waals surface area contributed by atoms with Gasteiger partial charge < -0.3 is 20.1 Å². The van der Waals surface area contributed by atoms with E-state index in [9.17, 15) is 4.79 Å². The van der Waals surface area contributed by atoms with Gasteiger partial charge in [0.05, 0.1) is 26.0 Å². The van der Waals surface area contributed by atoms with E-state index in [0.29, 0.717) is 36.4 Å². The molecule has 0 bridgehead atoms. The van der Waals surface area contributed by atoms with E-state index in [-0.39, 0.29) is 18.3 Å². The number of ether oxygens (including phenoxy) is 2. The highest BCUT2D eigenvalue weighted by Gasteiger charge is 2.18. The Morgan fingerprint density at radius 1 is 1.33 bits per heavy atom. The molecule has 1 saturated heterocycles. The van der Waals surface area contributed by atoms with Gasteiger partial charge in [-0.25, -0.2) is 4.68 Å². The van der Waals surface area contributed by atoms with Crippen molar-refractivity contribution in [2.24, 2.45) is 0 Å². The molecule has 3 rings (SSSR count). The SMILES string of the molecule is CCOc1ccc(CNC(=O)c2cn(C3CCNCC3)nn2)cc1OC.Cl. The number of aromatic nitrogens is 3. The molecule has 0 aliphatic carbocycles. The van der Waals surface area contributed by atoms with Gasteiger partial charge in [0.2, 0.25) is 0 Å². The summed E-state index contributed by atoms with van der Waals surface area (Å²) in [6.07, 6.45) is 3.72. The number of carbonyl (C=O) groups is 1. The predicted octanol–water partition coefficient (Wildman–Crippen LogP) is 1.96. The van der Waals surface area contributed by atoms with Crippen LogP contribution in [0.1, 0.15) is 41.9 Å². The van der Waals surface area contributed by atoms with Crippen molar-refractivity contribution >= 4 is 18.3 Å². The second-order valence-electron chi connectivity index (χ2n) is 6.17. The first-order valence-corrected chi connectivity index (χ1v) is 8.91. The molecule has 27 heavy (non-hydrogen) atoms. The highest BCUT2D eigenvalue weighted by Crippen LogP contribution is 2.28. The van der Waals surface area contributed by atoms with Gasteiger partial charge in [-0.3, -0.25) is 4.79 Å². The number of halogens is 1. The lowest BCUT2D eigenvalue weighted by molar-refractivity contribution is 0.0945. The molecule has 1 aromatic carbocycles. The highest BCUT2D eigenvalue weighted by molar-refractivity contribution is 5.91. The van der Waals surface area contributed by atoms with Gasteiger partial charge in [0.15, 0.2) is 17.2 Å². The third kappa shape index (κ3) is 5.33. The summed E-state index contributed by atoms with van der Waals surface area (Å²) in [7, 11) is 1.60. The maximum atomic E-state index is 12.3. The minimum atomic E-state index is -0.238. The Balaban J connectivity index is 0.00000261. The number of hydrogen-bond donors (Lipinski definition) is 2. The second-order valence-corrected chi connectivity index (χ2v) is 6.17. The molecule has 0 atom stereocenters. The molecule has 0 saturated carbocycles. The molecular weight excluding hydrogens is 370 g/mol. The normalized spacial score (nSPS) is 14.3. The average molecular weight is 396 g/mol. The van der Waals surface area contributed by atoms with Gasteiger partial charge in [0, 0.05) is 6.54 Å². The summed E-state index contributed by atoms with van der Waals surface area (Å²) in [6, 6.07) is 5.91. The summed E-state index contributed by atoms with van der Waals surface area (Å²) in [5.74, 6) is 1.10. The molecule has 1 aliphatic heterocycles. The molecule has 1 amide bonds. The molecule has 0 spiro atoms. The molecule has 0 unspecified atom stereocenters. The predicted molar refractivity (Wildman–Crippen MR) is 104 cm³/mol. The lowest BCUT2D eigenvalue weighted by atomic mass is 10.1. The number of nitrogens with zero attached hydrogens (tertiary/aromatic N) is 3. The van der Waals surface area contributed by atoms with E-state index in [1.165, 1.54) is 0 Å². The standard InChI is InChI=1S/C18H25N5O3.ClH/c1-3-26-16-5-4-13(10-17(16)25-2)11-20-18(24)15-12-23(22-21-15)14-6-8-19-9-7-14;/h4-5,10,12,14,19H,3,6-9,11H2,1-2H3,(H,20,24);1H. The van der Waals surface area contributed by atoms with E-state index in [2.05, 4.69) is 20.9 Å². The Morgan fingerprint density at radius 2 is 2.11 bits per heavy atom. The maximum Gasteiger partial charge on any atom is 0.273 e. The molecule has 0 radical (unpaired) electrons. The summed E-state index contributed by atoms with van der Waals surface area (Å²) in [5, 5.41) is 14.3. The van der Waals surface area contributed by atoms with Gasteiger partial charge in [-0.1, -0.05) is 11.3 Å². The number of amides is 1. The van der Waals surface area contributed by atoms with E-state index in [0.717, 1.165) is 31.5 Å². The summed E-state index contributed by atoms with van der Waals surface area (Å²) in [5.41, 5.74) is 1.26. The van der Waals surface area contributed by atoms with Crippen LogP contribution in [0.2, 0.25) is 0 Å². The van der Waals surface area contributed by atoms with Crippen molar-refractivity contribution in [3.63, 3.8) is 0 Å². The smallest absolute Gasteiger partial charge is 0.273 e. The van der Waals surface area contributed by atoms with Crippen LogP contribution in [0.4, 0.5) is 0 Å². The summed E-state index contributed by atoms with van der Waals surface area (Å²) in [4.78, 5) is 12.3. The van der Waals surface area contributed by atoms with E-state index in [1.54, 1.807) is 18.0 Å². The van der Waals surface area contributed by atoms with Crippen LogP contribution < -0.4 is 20.1 Å². The molecule has 1 fully saturated rings. The Bertz CT molecular complexity index is 746. The van der Waals surface area contributed by atoms with Gasteiger partial charge in [0.1, 0.15) is 0 Å². The number of piperidine rings is 1. The molecule has 2 aromatic rings. The van der Waals surface area contributed by atoms with Crippen molar-refractivity contribution < 1.29 is 14.3 Å². The van der Waals surface area contributed by atoms with E-state index in [4.69, 9.17) is 9.47 Å². The monoisotopic (exact) mass is 395 g/mol. The Labute approximate surface area is 165 Å². The van der Waals surface area contributed by atoms with Gasteiger partial charge >= 0.3 is 0 Å².